The fraction of sp³-hybridized carbons (Fsp3) is 0.381. The average molecular weight is 468 g/mol. The van der Waals surface area contributed by atoms with Gasteiger partial charge in [-0.15, -0.1) is 22.6 Å². The van der Waals surface area contributed by atoms with Gasteiger partial charge in [0.25, 0.3) is 0 Å². The van der Waals surface area contributed by atoms with Crippen molar-refractivity contribution in [1.29, 1.82) is 0 Å². The van der Waals surface area contributed by atoms with Gasteiger partial charge in [-0.05, 0) is 29.8 Å². The predicted molar refractivity (Wildman–Crippen MR) is 118 cm³/mol. The highest BCUT2D eigenvalue weighted by Gasteiger charge is 2.14. The molecule has 0 amide bonds. The van der Waals surface area contributed by atoms with E-state index in [-0.39, 0.29) is 18.1 Å². The normalized spacial score (nSPS) is 14.1. The van der Waals surface area contributed by atoms with Gasteiger partial charge in [0.2, 0.25) is 0 Å². The van der Waals surface area contributed by atoms with E-state index in [2.05, 4.69) is 25.6 Å². The number of nitrogens with one attached hydrogen (secondary N) is 1. The molecule has 2 heterocycles. The molecule has 8 nitrogen and oxygen atoms in total. The second kappa shape index (κ2) is 11.2. The van der Waals surface area contributed by atoms with Crippen LogP contribution < -0.4 is 14.8 Å². The molecular weight excluding hydrogens is 444 g/mol. The van der Waals surface area contributed by atoms with Gasteiger partial charge in [-0.3, -0.25) is 4.90 Å². The molecule has 11 heteroatoms. The molecule has 32 heavy (non-hydrogen) atoms. The minimum Gasteiger partial charge on any atom is -0.493 e. The van der Waals surface area contributed by atoms with Crippen LogP contribution in [0.5, 0.6) is 11.5 Å². The summed E-state index contributed by atoms with van der Waals surface area (Å²) in [5, 5.41) is 15.2. The van der Waals surface area contributed by atoms with Gasteiger partial charge in [-0.2, -0.15) is 0 Å². The Morgan fingerprint density at radius 2 is 1.78 bits per heavy atom. The molecule has 0 atom stereocenters. The zero-order valence-corrected chi connectivity index (χ0v) is 18.3. The van der Waals surface area contributed by atoms with Crippen LogP contribution in [0.15, 0.2) is 30.3 Å². The highest BCUT2D eigenvalue weighted by atomic mass is 35.5. The summed E-state index contributed by atoms with van der Waals surface area (Å²) in [4.78, 5) is 2.34. The number of fused-ring (bicyclic) bond motifs is 1. The summed E-state index contributed by atoms with van der Waals surface area (Å²) < 4.78 is 43.8. The molecule has 0 aliphatic carbocycles. The molecule has 1 saturated heterocycles. The van der Waals surface area contributed by atoms with Crippen molar-refractivity contribution in [3.63, 3.8) is 0 Å². The van der Waals surface area contributed by atoms with Crippen LogP contribution in [0, 0.1) is 11.6 Å². The van der Waals surface area contributed by atoms with Crippen LogP contribution >= 0.6 is 12.4 Å². The topological polar surface area (TPSA) is 81.6 Å². The lowest BCUT2D eigenvalue weighted by atomic mass is 10.2. The fourth-order valence-electron chi connectivity index (χ4n) is 3.41. The van der Waals surface area contributed by atoms with Crippen LogP contribution in [0.3, 0.4) is 0 Å². The molecular formula is C21H24ClF2N5O3. The number of aromatic nitrogens is 3. The van der Waals surface area contributed by atoms with E-state index >= 15 is 0 Å². The van der Waals surface area contributed by atoms with Crippen molar-refractivity contribution < 1.29 is 23.0 Å². The first-order valence-electron chi connectivity index (χ1n) is 9.99. The van der Waals surface area contributed by atoms with Gasteiger partial charge >= 0.3 is 0 Å². The summed E-state index contributed by atoms with van der Waals surface area (Å²) in [6, 6.07) is 6.56. The molecule has 1 aliphatic heterocycles. The average Bonchev–Trinajstić information content (AvgIpc) is 2.76. The Kier molecular flexibility index (Phi) is 8.32. The number of anilines is 2. The molecule has 172 valence electrons. The van der Waals surface area contributed by atoms with Crippen molar-refractivity contribution in [2.45, 2.75) is 6.42 Å². The SMILES string of the molecule is COc1cc2c(Nc3cc(F)cc(F)c3)nnnc2cc1OCCCN1CCOCC1.Cl. The predicted octanol–water partition coefficient (Wildman–Crippen LogP) is 3.58. The largest absolute Gasteiger partial charge is 0.493 e. The third-order valence-electron chi connectivity index (χ3n) is 4.94. The van der Waals surface area contributed by atoms with Crippen molar-refractivity contribution >= 4 is 34.8 Å². The number of hydrogen-bond acceptors (Lipinski definition) is 8. The van der Waals surface area contributed by atoms with Gasteiger partial charge in [0.1, 0.15) is 17.2 Å². The number of nitrogens with zero attached hydrogens (tertiary/aromatic N) is 4. The lowest BCUT2D eigenvalue weighted by Gasteiger charge is -2.26. The minimum atomic E-state index is -0.695. The third kappa shape index (κ3) is 5.90. The number of halogens is 3. The number of hydrogen-bond donors (Lipinski definition) is 1. The number of methoxy groups -OCH3 is 1. The van der Waals surface area contributed by atoms with Crippen molar-refractivity contribution in [1.82, 2.24) is 20.3 Å². The summed E-state index contributed by atoms with van der Waals surface area (Å²) in [6.45, 7) is 4.86. The number of rotatable bonds is 8. The van der Waals surface area contributed by atoms with Gasteiger partial charge in [0, 0.05) is 37.5 Å². The van der Waals surface area contributed by atoms with Crippen LogP contribution in [0.4, 0.5) is 20.3 Å². The molecule has 1 aliphatic rings. The number of morpholine rings is 1. The number of ether oxygens (including phenoxy) is 3. The molecule has 1 N–H and O–H groups in total. The third-order valence-corrected chi connectivity index (χ3v) is 4.94. The Hall–Kier alpha value is -2.82. The van der Waals surface area contributed by atoms with Crippen LogP contribution in [-0.2, 0) is 4.74 Å². The maximum absolute atomic E-state index is 13.5. The van der Waals surface area contributed by atoms with Crippen molar-refractivity contribution in [3.8, 4) is 11.5 Å². The Balaban J connectivity index is 0.00000289. The van der Waals surface area contributed by atoms with E-state index in [1.54, 1.807) is 19.2 Å². The zero-order valence-electron chi connectivity index (χ0n) is 17.5. The fourth-order valence-corrected chi connectivity index (χ4v) is 3.41. The van der Waals surface area contributed by atoms with Crippen molar-refractivity contribution in [2.24, 2.45) is 0 Å². The van der Waals surface area contributed by atoms with E-state index in [9.17, 15) is 8.78 Å². The van der Waals surface area contributed by atoms with E-state index in [0.717, 1.165) is 45.3 Å². The Morgan fingerprint density at radius 3 is 2.50 bits per heavy atom. The summed E-state index contributed by atoms with van der Waals surface area (Å²) in [5.74, 6) is -0.0483. The Labute approximate surface area is 190 Å². The molecule has 0 unspecified atom stereocenters. The van der Waals surface area contributed by atoms with Crippen LogP contribution in [0.2, 0.25) is 0 Å². The molecule has 0 saturated carbocycles. The van der Waals surface area contributed by atoms with E-state index in [4.69, 9.17) is 14.2 Å². The maximum Gasteiger partial charge on any atom is 0.164 e. The Bertz CT molecular complexity index is 1030. The smallest absolute Gasteiger partial charge is 0.164 e. The lowest BCUT2D eigenvalue weighted by molar-refractivity contribution is 0.0357. The molecule has 4 rings (SSSR count). The van der Waals surface area contributed by atoms with Crippen molar-refractivity contribution in [3.05, 3.63) is 42.0 Å². The van der Waals surface area contributed by atoms with Crippen molar-refractivity contribution in [2.75, 3.05) is 51.9 Å². The summed E-state index contributed by atoms with van der Waals surface area (Å²) >= 11 is 0. The molecule has 1 aromatic heterocycles. The minimum absolute atomic E-state index is 0. The Morgan fingerprint density at radius 1 is 1.03 bits per heavy atom. The molecule has 0 radical (unpaired) electrons. The standard InChI is InChI=1S/C21H23F2N5O3.ClH/c1-29-19-12-17-18(13-20(19)31-6-2-3-28-4-7-30-8-5-28)25-27-26-21(17)24-16-10-14(22)9-15(23)11-16;/h9-13H,2-8H2,1H3,(H,24,25,26);1H. The van der Waals surface area contributed by atoms with E-state index in [1.807, 2.05) is 0 Å². The highest BCUT2D eigenvalue weighted by Crippen LogP contribution is 2.34. The summed E-state index contributed by atoms with van der Waals surface area (Å²) in [5.41, 5.74) is 0.722. The molecule has 0 spiro atoms. The van der Waals surface area contributed by atoms with Gasteiger partial charge in [-0.1, -0.05) is 0 Å². The second-order valence-corrected chi connectivity index (χ2v) is 7.10. The van der Waals surface area contributed by atoms with Gasteiger partial charge in [0.15, 0.2) is 17.3 Å². The second-order valence-electron chi connectivity index (χ2n) is 7.10. The molecule has 2 aromatic carbocycles. The first kappa shape index (κ1) is 23.8. The number of benzene rings is 2. The first-order chi connectivity index (χ1) is 15.1. The molecule has 0 bridgehead atoms. The zero-order chi connectivity index (χ0) is 21.6. The lowest BCUT2D eigenvalue weighted by Crippen LogP contribution is -2.37. The van der Waals surface area contributed by atoms with Crippen LogP contribution in [-0.4, -0.2) is 66.9 Å². The van der Waals surface area contributed by atoms with E-state index < -0.39 is 11.6 Å². The van der Waals surface area contributed by atoms with Crippen LogP contribution in [0.25, 0.3) is 10.9 Å². The molecule has 1 fully saturated rings. The molecule has 3 aromatic rings. The monoisotopic (exact) mass is 467 g/mol. The maximum atomic E-state index is 13.5. The van der Waals surface area contributed by atoms with Gasteiger partial charge in [-0.25, -0.2) is 8.78 Å². The summed E-state index contributed by atoms with van der Waals surface area (Å²) in [6.07, 6.45) is 0.862. The van der Waals surface area contributed by atoms with Gasteiger partial charge < -0.3 is 19.5 Å². The quantitative estimate of drug-likeness (QED) is 0.503. The highest BCUT2D eigenvalue weighted by molar-refractivity contribution is 5.92. The van der Waals surface area contributed by atoms with E-state index in [1.165, 1.54) is 12.1 Å². The van der Waals surface area contributed by atoms with E-state index in [0.29, 0.717) is 34.8 Å². The first-order valence-corrected chi connectivity index (χ1v) is 9.99. The summed E-state index contributed by atoms with van der Waals surface area (Å²) in [7, 11) is 1.54. The van der Waals surface area contributed by atoms with Crippen LogP contribution in [0.1, 0.15) is 6.42 Å². The van der Waals surface area contributed by atoms with Gasteiger partial charge in [0.05, 0.1) is 32.3 Å².